The van der Waals surface area contributed by atoms with Crippen molar-refractivity contribution in [2.45, 2.75) is 38.7 Å². The fourth-order valence-corrected chi connectivity index (χ4v) is 2.32. The Hall–Kier alpha value is -0.780. The maximum absolute atomic E-state index is 10.8. The van der Waals surface area contributed by atoms with Crippen LogP contribution in [0.15, 0.2) is 24.3 Å². The molecule has 0 heterocycles. The molecule has 94 valence electrons. The minimum atomic E-state index is -0.683. The average Bonchev–Trinajstić information content (AvgIpc) is 2.28. The molecule has 1 rings (SSSR count). The van der Waals surface area contributed by atoms with Crippen LogP contribution in [0.25, 0.3) is 0 Å². The number of halogens is 1. The molecule has 3 nitrogen and oxygen atoms in total. The lowest BCUT2D eigenvalue weighted by atomic mass is 10.0. The largest absolute Gasteiger partial charge is 0.446 e. The molecule has 0 aliphatic carbocycles. The minimum Gasteiger partial charge on any atom is -0.446 e. The van der Waals surface area contributed by atoms with E-state index in [1.165, 1.54) is 9.13 Å². The van der Waals surface area contributed by atoms with Crippen LogP contribution in [0.2, 0.25) is 0 Å². The number of ether oxygens (including phenoxy) is 1. The maximum Gasteiger partial charge on any atom is 0.404 e. The van der Waals surface area contributed by atoms with E-state index in [-0.39, 0.29) is 6.10 Å². The summed E-state index contributed by atoms with van der Waals surface area (Å²) in [6, 6.07) is 8.11. The number of rotatable bonds is 6. The quantitative estimate of drug-likeness (QED) is 0.801. The van der Waals surface area contributed by atoms with Crippen molar-refractivity contribution in [3.05, 3.63) is 33.4 Å². The lowest BCUT2D eigenvalue weighted by Crippen LogP contribution is -2.25. The fraction of sp³-hybridized carbons (Fsp3) is 0.462. The van der Waals surface area contributed by atoms with E-state index in [9.17, 15) is 4.79 Å². The van der Waals surface area contributed by atoms with Gasteiger partial charge in [0.1, 0.15) is 6.10 Å². The van der Waals surface area contributed by atoms with Crippen LogP contribution in [-0.4, -0.2) is 12.2 Å². The number of carbonyl (C=O) groups excluding carboxylic acids is 1. The molecule has 1 amide bonds. The molecule has 0 radical (unpaired) electrons. The molecule has 0 bridgehead atoms. The number of carbonyl (C=O) groups is 1. The first-order valence-electron chi connectivity index (χ1n) is 5.83. The molecule has 0 saturated carbocycles. The van der Waals surface area contributed by atoms with Gasteiger partial charge in [-0.15, -0.1) is 0 Å². The van der Waals surface area contributed by atoms with Crippen molar-refractivity contribution in [1.29, 1.82) is 0 Å². The van der Waals surface area contributed by atoms with Gasteiger partial charge in [-0.2, -0.15) is 0 Å². The minimum absolute atomic E-state index is 0.108. The highest BCUT2D eigenvalue weighted by atomic mass is 127. The molecule has 2 N–H and O–H groups in total. The van der Waals surface area contributed by atoms with Gasteiger partial charge in [0.15, 0.2) is 0 Å². The number of nitrogens with two attached hydrogens (primary N) is 1. The van der Waals surface area contributed by atoms with Crippen LogP contribution in [0.1, 0.15) is 31.7 Å². The van der Waals surface area contributed by atoms with Crippen LogP contribution in [0.3, 0.4) is 0 Å². The lowest BCUT2D eigenvalue weighted by Gasteiger charge is -2.17. The molecule has 0 aromatic heterocycles. The van der Waals surface area contributed by atoms with E-state index in [1.54, 1.807) is 0 Å². The van der Waals surface area contributed by atoms with E-state index in [0.717, 1.165) is 25.7 Å². The van der Waals surface area contributed by atoms with Gasteiger partial charge in [-0.3, -0.25) is 0 Å². The second kappa shape index (κ2) is 7.53. The number of amides is 1. The fourth-order valence-electron chi connectivity index (χ4n) is 1.71. The first-order valence-corrected chi connectivity index (χ1v) is 6.90. The molecule has 1 aromatic rings. The summed E-state index contributed by atoms with van der Waals surface area (Å²) in [4.78, 5) is 10.8. The second-order valence-corrected chi connectivity index (χ2v) is 5.16. The number of primary amides is 1. The van der Waals surface area contributed by atoms with Crippen LogP contribution in [-0.2, 0) is 11.2 Å². The van der Waals surface area contributed by atoms with Crippen molar-refractivity contribution in [2.24, 2.45) is 5.73 Å². The number of hydrogen-bond donors (Lipinski definition) is 1. The van der Waals surface area contributed by atoms with Crippen LogP contribution in [0, 0.1) is 3.57 Å². The Morgan fingerprint density at radius 1 is 1.47 bits per heavy atom. The van der Waals surface area contributed by atoms with Crippen LogP contribution < -0.4 is 5.73 Å². The number of hydrogen-bond acceptors (Lipinski definition) is 2. The molecule has 1 atom stereocenters. The molecule has 17 heavy (non-hydrogen) atoms. The van der Waals surface area contributed by atoms with Crippen molar-refractivity contribution in [2.75, 3.05) is 0 Å². The van der Waals surface area contributed by atoms with Gasteiger partial charge in [0.25, 0.3) is 0 Å². The molecule has 0 aliphatic rings. The predicted molar refractivity (Wildman–Crippen MR) is 76.8 cm³/mol. The summed E-state index contributed by atoms with van der Waals surface area (Å²) in [6.45, 7) is 2.12. The third-order valence-electron chi connectivity index (χ3n) is 2.57. The zero-order chi connectivity index (χ0) is 12.7. The first-order chi connectivity index (χ1) is 8.13. The highest BCUT2D eigenvalue weighted by Crippen LogP contribution is 2.17. The summed E-state index contributed by atoms with van der Waals surface area (Å²) in [5, 5.41) is 0. The Kier molecular flexibility index (Phi) is 6.32. The summed E-state index contributed by atoms with van der Waals surface area (Å²) in [5.41, 5.74) is 6.30. The maximum atomic E-state index is 10.8. The molecular formula is C13H18INO2. The Balaban J connectivity index is 2.64. The number of unbranched alkanes of at least 4 members (excludes halogenated alkanes) is 1. The van der Waals surface area contributed by atoms with Gasteiger partial charge in [-0.1, -0.05) is 38.0 Å². The molecule has 1 unspecified atom stereocenters. The van der Waals surface area contributed by atoms with Gasteiger partial charge >= 0.3 is 6.09 Å². The highest BCUT2D eigenvalue weighted by molar-refractivity contribution is 14.1. The smallest absolute Gasteiger partial charge is 0.404 e. The summed E-state index contributed by atoms with van der Waals surface area (Å²) < 4.78 is 6.34. The van der Waals surface area contributed by atoms with Gasteiger partial charge < -0.3 is 10.5 Å². The molecule has 4 heteroatoms. The molecular weight excluding hydrogens is 329 g/mol. The van der Waals surface area contributed by atoms with E-state index < -0.39 is 6.09 Å². The Morgan fingerprint density at radius 2 is 2.18 bits per heavy atom. The monoisotopic (exact) mass is 347 g/mol. The normalized spacial score (nSPS) is 12.1. The predicted octanol–water partition coefficient (Wildman–Crippen LogP) is 3.49. The standard InChI is InChI=1S/C13H18INO2/c1-2-3-7-11(17-13(15)16)9-10-6-4-5-8-12(10)14/h4-6,8,11H,2-3,7,9H2,1H3,(H2,15,16). The van der Waals surface area contributed by atoms with Gasteiger partial charge in [0, 0.05) is 9.99 Å². The van der Waals surface area contributed by atoms with Crippen molar-refractivity contribution >= 4 is 28.7 Å². The zero-order valence-electron chi connectivity index (χ0n) is 9.99. The lowest BCUT2D eigenvalue weighted by molar-refractivity contribution is 0.0996. The van der Waals surface area contributed by atoms with Crippen molar-refractivity contribution in [3.63, 3.8) is 0 Å². The van der Waals surface area contributed by atoms with E-state index in [2.05, 4.69) is 41.6 Å². The van der Waals surface area contributed by atoms with E-state index in [4.69, 9.17) is 10.5 Å². The van der Waals surface area contributed by atoms with Crippen molar-refractivity contribution in [1.82, 2.24) is 0 Å². The number of benzene rings is 1. The summed E-state index contributed by atoms with van der Waals surface area (Å²) in [7, 11) is 0. The summed E-state index contributed by atoms with van der Waals surface area (Å²) in [6.07, 6.45) is 2.94. The van der Waals surface area contributed by atoms with Gasteiger partial charge in [-0.25, -0.2) is 4.79 Å². The van der Waals surface area contributed by atoms with Crippen LogP contribution >= 0.6 is 22.6 Å². The van der Waals surface area contributed by atoms with Gasteiger partial charge in [-0.05, 0) is 40.6 Å². The molecule has 0 saturated heterocycles. The van der Waals surface area contributed by atoms with E-state index in [1.807, 2.05) is 12.1 Å². The van der Waals surface area contributed by atoms with Crippen LogP contribution in [0.5, 0.6) is 0 Å². The molecule has 1 aromatic carbocycles. The van der Waals surface area contributed by atoms with Gasteiger partial charge in [0.05, 0.1) is 0 Å². The molecule has 0 aliphatic heterocycles. The molecule has 0 fully saturated rings. The topological polar surface area (TPSA) is 52.3 Å². The SMILES string of the molecule is CCCCC(Cc1ccccc1I)OC(N)=O. The second-order valence-electron chi connectivity index (χ2n) is 4.00. The average molecular weight is 347 g/mol. The van der Waals surface area contributed by atoms with Crippen molar-refractivity contribution in [3.8, 4) is 0 Å². The molecule has 0 spiro atoms. The first kappa shape index (κ1) is 14.3. The van der Waals surface area contributed by atoms with Crippen molar-refractivity contribution < 1.29 is 9.53 Å². The Morgan fingerprint density at radius 3 is 2.76 bits per heavy atom. The van der Waals surface area contributed by atoms with E-state index in [0.29, 0.717) is 0 Å². The zero-order valence-corrected chi connectivity index (χ0v) is 12.1. The third-order valence-corrected chi connectivity index (χ3v) is 3.62. The van der Waals surface area contributed by atoms with E-state index >= 15 is 0 Å². The summed E-state index contributed by atoms with van der Waals surface area (Å²) >= 11 is 2.29. The highest BCUT2D eigenvalue weighted by Gasteiger charge is 2.14. The third kappa shape index (κ3) is 5.39. The van der Waals surface area contributed by atoms with Gasteiger partial charge in [0.2, 0.25) is 0 Å². The Labute approximate surface area is 116 Å². The summed E-state index contributed by atoms with van der Waals surface area (Å²) in [5.74, 6) is 0. The van der Waals surface area contributed by atoms with Crippen LogP contribution in [0.4, 0.5) is 4.79 Å². The Bertz CT molecular complexity index is 368.